The predicted octanol–water partition coefficient (Wildman–Crippen LogP) is 3.94. The minimum absolute atomic E-state index is 0.0864. The lowest BCUT2D eigenvalue weighted by molar-refractivity contribution is -0.123. The summed E-state index contributed by atoms with van der Waals surface area (Å²) >= 11 is 0. The Bertz CT molecular complexity index is 1020. The van der Waals surface area contributed by atoms with Gasteiger partial charge in [0.25, 0.3) is 5.91 Å². The second-order valence-corrected chi connectivity index (χ2v) is 7.30. The zero-order valence-electron chi connectivity index (χ0n) is 17.9. The number of hydrogen-bond donors (Lipinski definition) is 1. The molecule has 0 aliphatic rings. The molecule has 3 aromatic rings. The monoisotopic (exact) mass is 404 g/mol. The second-order valence-electron chi connectivity index (χ2n) is 7.30. The van der Waals surface area contributed by atoms with Crippen LogP contribution in [0.3, 0.4) is 0 Å². The highest BCUT2D eigenvalue weighted by molar-refractivity contribution is 5.82. The third kappa shape index (κ3) is 5.50. The number of aromatic nitrogens is 1. The Kier molecular flexibility index (Phi) is 6.91. The minimum atomic E-state index is -0.306. The molecule has 0 unspecified atom stereocenters. The summed E-state index contributed by atoms with van der Waals surface area (Å²) in [5.74, 6) is 0.389. The molecular weight excluding hydrogens is 376 g/mol. The Morgan fingerprint density at radius 2 is 1.93 bits per heavy atom. The lowest BCUT2D eigenvalue weighted by Gasteiger charge is -2.13. The Labute approximate surface area is 177 Å². The number of anilines is 1. The van der Waals surface area contributed by atoms with Crippen LogP contribution in [0.5, 0.6) is 5.75 Å². The first kappa shape index (κ1) is 21.2. The average molecular weight is 405 g/mol. The van der Waals surface area contributed by atoms with Crippen LogP contribution in [0, 0.1) is 6.92 Å². The third-order valence-corrected chi connectivity index (χ3v) is 4.70. The molecule has 0 radical (unpaired) electrons. The topological polar surface area (TPSA) is 58.9 Å². The van der Waals surface area contributed by atoms with Crippen molar-refractivity contribution in [2.75, 3.05) is 25.6 Å². The maximum absolute atomic E-state index is 12.1. The number of hydrogen-bond acceptors (Lipinski definition) is 4. The zero-order chi connectivity index (χ0) is 21.5. The van der Waals surface area contributed by atoms with Crippen LogP contribution in [0.2, 0.25) is 0 Å². The first-order valence-corrected chi connectivity index (χ1v) is 9.96. The molecule has 30 heavy (non-hydrogen) atoms. The highest BCUT2D eigenvalue weighted by Crippen LogP contribution is 2.18. The van der Waals surface area contributed by atoms with Crippen LogP contribution in [0.15, 0.2) is 65.9 Å². The maximum atomic E-state index is 12.1. The fourth-order valence-corrected chi connectivity index (χ4v) is 3.11. The van der Waals surface area contributed by atoms with Crippen LogP contribution in [-0.2, 0) is 11.2 Å². The van der Waals surface area contributed by atoms with Gasteiger partial charge in [-0.15, -0.1) is 0 Å². The van der Waals surface area contributed by atoms with E-state index in [4.69, 9.17) is 4.74 Å². The lowest BCUT2D eigenvalue weighted by atomic mass is 10.1. The van der Waals surface area contributed by atoms with Crippen LogP contribution < -0.4 is 15.1 Å². The van der Waals surface area contributed by atoms with Gasteiger partial charge in [-0.3, -0.25) is 4.79 Å². The molecule has 3 rings (SSSR count). The predicted molar refractivity (Wildman–Crippen MR) is 122 cm³/mol. The minimum Gasteiger partial charge on any atom is -0.484 e. The molecule has 156 valence electrons. The van der Waals surface area contributed by atoms with Crippen molar-refractivity contribution in [3.05, 3.63) is 77.6 Å². The van der Waals surface area contributed by atoms with E-state index in [9.17, 15) is 4.79 Å². The molecule has 0 bridgehead atoms. The third-order valence-electron chi connectivity index (χ3n) is 4.70. The quantitative estimate of drug-likeness (QED) is 0.457. The van der Waals surface area contributed by atoms with Gasteiger partial charge in [-0.1, -0.05) is 13.0 Å². The van der Waals surface area contributed by atoms with E-state index in [-0.39, 0.29) is 12.5 Å². The van der Waals surface area contributed by atoms with E-state index in [0.29, 0.717) is 5.75 Å². The van der Waals surface area contributed by atoms with Crippen LogP contribution in [0.4, 0.5) is 5.69 Å². The fourth-order valence-electron chi connectivity index (χ4n) is 3.11. The maximum Gasteiger partial charge on any atom is 0.277 e. The van der Waals surface area contributed by atoms with E-state index in [1.54, 1.807) is 6.21 Å². The molecule has 1 heterocycles. The summed E-state index contributed by atoms with van der Waals surface area (Å²) in [6, 6.07) is 18.1. The smallest absolute Gasteiger partial charge is 0.277 e. The SMILES string of the molecule is CCc1cc(C)cc(OCC(=O)N/N=C/c2cccn2-c2ccc(N(C)C)cc2)c1. The van der Waals surface area contributed by atoms with Crippen LogP contribution in [0.25, 0.3) is 5.69 Å². The largest absolute Gasteiger partial charge is 0.484 e. The molecular formula is C24H28N4O2. The molecule has 0 atom stereocenters. The Morgan fingerprint density at radius 1 is 1.17 bits per heavy atom. The molecule has 2 aromatic carbocycles. The summed E-state index contributed by atoms with van der Waals surface area (Å²) < 4.78 is 7.61. The van der Waals surface area contributed by atoms with E-state index in [1.807, 2.05) is 68.2 Å². The number of nitrogens with zero attached hydrogens (tertiary/aromatic N) is 3. The van der Waals surface area contributed by atoms with Crippen molar-refractivity contribution in [2.45, 2.75) is 20.3 Å². The summed E-state index contributed by atoms with van der Waals surface area (Å²) in [5.41, 5.74) is 7.83. The summed E-state index contributed by atoms with van der Waals surface area (Å²) in [4.78, 5) is 14.1. The zero-order valence-corrected chi connectivity index (χ0v) is 17.9. The molecule has 0 fully saturated rings. The molecule has 0 spiro atoms. The summed E-state index contributed by atoms with van der Waals surface area (Å²) in [7, 11) is 4.02. The van der Waals surface area contributed by atoms with Gasteiger partial charge in [0.05, 0.1) is 11.9 Å². The van der Waals surface area contributed by atoms with Crippen molar-refractivity contribution in [1.82, 2.24) is 9.99 Å². The summed E-state index contributed by atoms with van der Waals surface area (Å²) in [6.45, 7) is 4.02. The molecule has 0 aliphatic carbocycles. The van der Waals surface area contributed by atoms with Crippen molar-refractivity contribution in [3.8, 4) is 11.4 Å². The van der Waals surface area contributed by atoms with Crippen molar-refractivity contribution in [2.24, 2.45) is 5.10 Å². The van der Waals surface area contributed by atoms with Gasteiger partial charge in [0.2, 0.25) is 0 Å². The van der Waals surface area contributed by atoms with Crippen molar-refractivity contribution < 1.29 is 9.53 Å². The van der Waals surface area contributed by atoms with Crippen LogP contribution >= 0.6 is 0 Å². The lowest BCUT2D eigenvalue weighted by Crippen LogP contribution is -2.24. The standard InChI is InChI=1S/C24H28N4O2/c1-5-19-13-18(2)14-23(15-19)30-17-24(29)26-25-16-22-7-6-12-28(22)21-10-8-20(9-11-21)27(3)4/h6-16H,5,17H2,1-4H3,(H,26,29)/b25-16+. The molecule has 0 saturated heterocycles. The molecule has 0 saturated carbocycles. The van der Waals surface area contributed by atoms with Gasteiger partial charge in [0, 0.05) is 31.7 Å². The van der Waals surface area contributed by atoms with Gasteiger partial charge in [-0.25, -0.2) is 5.43 Å². The van der Waals surface area contributed by atoms with Gasteiger partial charge in [-0.05, 0) is 73.0 Å². The van der Waals surface area contributed by atoms with E-state index in [2.05, 4.69) is 40.5 Å². The number of nitrogens with one attached hydrogen (secondary N) is 1. The molecule has 1 aromatic heterocycles. The van der Waals surface area contributed by atoms with E-state index < -0.39 is 0 Å². The fraction of sp³-hybridized carbons (Fsp3) is 0.250. The summed E-state index contributed by atoms with van der Waals surface area (Å²) in [6.07, 6.45) is 4.51. The van der Waals surface area contributed by atoms with Crippen molar-refractivity contribution >= 4 is 17.8 Å². The van der Waals surface area contributed by atoms with Gasteiger partial charge in [-0.2, -0.15) is 5.10 Å². The number of aryl methyl sites for hydroxylation is 2. The van der Waals surface area contributed by atoms with Gasteiger partial charge in [0.15, 0.2) is 6.61 Å². The van der Waals surface area contributed by atoms with Crippen LogP contribution in [0.1, 0.15) is 23.7 Å². The Morgan fingerprint density at radius 3 is 2.63 bits per heavy atom. The second kappa shape index (κ2) is 9.78. The number of hydrazone groups is 1. The molecule has 0 aliphatic heterocycles. The Balaban J connectivity index is 1.58. The van der Waals surface area contributed by atoms with Gasteiger partial charge >= 0.3 is 0 Å². The van der Waals surface area contributed by atoms with Crippen molar-refractivity contribution in [3.63, 3.8) is 0 Å². The molecule has 6 heteroatoms. The number of carbonyl (C=O) groups excluding carboxylic acids is 1. The van der Waals surface area contributed by atoms with Gasteiger partial charge < -0.3 is 14.2 Å². The van der Waals surface area contributed by atoms with E-state index in [0.717, 1.165) is 29.1 Å². The normalized spacial score (nSPS) is 10.9. The average Bonchev–Trinajstić information content (AvgIpc) is 3.20. The number of amides is 1. The molecule has 1 N–H and O–H groups in total. The van der Waals surface area contributed by atoms with Crippen LogP contribution in [-0.4, -0.2) is 37.4 Å². The summed E-state index contributed by atoms with van der Waals surface area (Å²) in [5, 5.41) is 4.08. The first-order valence-electron chi connectivity index (χ1n) is 9.96. The van der Waals surface area contributed by atoms with Crippen molar-refractivity contribution in [1.29, 1.82) is 0 Å². The van der Waals surface area contributed by atoms with E-state index >= 15 is 0 Å². The highest BCUT2D eigenvalue weighted by Gasteiger charge is 2.05. The molecule has 6 nitrogen and oxygen atoms in total. The number of rotatable bonds is 8. The molecule has 1 amide bonds. The highest BCUT2D eigenvalue weighted by atomic mass is 16.5. The first-order chi connectivity index (χ1) is 14.5. The van der Waals surface area contributed by atoms with E-state index in [1.165, 1.54) is 5.56 Å². The Hall–Kier alpha value is -3.54. The number of ether oxygens (including phenoxy) is 1. The number of carbonyl (C=O) groups is 1. The number of benzene rings is 2. The van der Waals surface area contributed by atoms with Gasteiger partial charge in [0.1, 0.15) is 5.75 Å².